The maximum absolute atomic E-state index is 12.2. The fourth-order valence-corrected chi connectivity index (χ4v) is 3.95. The summed E-state index contributed by atoms with van der Waals surface area (Å²) in [7, 11) is 0. The maximum Gasteiger partial charge on any atom is 0.225 e. The van der Waals surface area contributed by atoms with Crippen LogP contribution in [-0.4, -0.2) is 10.3 Å². The molecule has 1 aliphatic heterocycles. The van der Waals surface area contributed by atoms with E-state index in [1.807, 2.05) is 42.5 Å². The number of benzene rings is 2. The lowest BCUT2D eigenvalue weighted by atomic mass is 9.89. The van der Waals surface area contributed by atoms with Crippen LogP contribution in [0.25, 0.3) is 11.3 Å². The Morgan fingerprint density at radius 2 is 1.88 bits per heavy atom. The van der Waals surface area contributed by atoms with E-state index < -0.39 is 0 Å². The quantitative estimate of drug-likeness (QED) is 0.767. The van der Waals surface area contributed by atoms with Gasteiger partial charge in [-0.05, 0) is 29.2 Å². The Kier molecular flexibility index (Phi) is 3.60. The number of carbonyl (C=O) groups is 1. The molecular weight excluding hydrogens is 318 g/mol. The number of hydrogen-bond donors (Lipinski definition) is 1. The molecule has 0 radical (unpaired) electrons. The molecule has 0 unspecified atom stereocenters. The molecule has 0 saturated heterocycles. The van der Waals surface area contributed by atoms with E-state index in [0.717, 1.165) is 27.4 Å². The van der Waals surface area contributed by atoms with Gasteiger partial charge in [-0.2, -0.15) is 9.64 Å². The summed E-state index contributed by atoms with van der Waals surface area (Å²) in [5.41, 5.74) is 4.29. The minimum absolute atomic E-state index is 0.00533. The largest absolute Gasteiger partial charge is 0.323 e. The predicted molar refractivity (Wildman–Crippen MR) is 93.8 cm³/mol. The molecule has 0 spiro atoms. The standard InChI is InChI=1S/C19H13N3OS/c20-11-12-6-8-13(9-7-12)15-10-16(23)21-18-17(22-24-19(15)18)14-4-2-1-3-5-14/h1-9,15H,10H2,(H,21,23)/t15-/m0/s1. The Labute approximate surface area is 143 Å². The average Bonchev–Trinajstić information content (AvgIpc) is 3.05. The van der Waals surface area contributed by atoms with Gasteiger partial charge in [0.25, 0.3) is 0 Å². The Bertz CT molecular complexity index is 939. The third kappa shape index (κ3) is 2.47. The molecule has 1 amide bonds. The molecule has 24 heavy (non-hydrogen) atoms. The predicted octanol–water partition coefficient (Wildman–Crippen LogP) is 4.16. The summed E-state index contributed by atoms with van der Waals surface area (Å²) in [5, 5.41) is 11.9. The van der Waals surface area contributed by atoms with E-state index in [0.29, 0.717) is 12.0 Å². The van der Waals surface area contributed by atoms with Crippen molar-refractivity contribution >= 4 is 23.1 Å². The topological polar surface area (TPSA) is 65.8 Å². The minimum atomic E-state index is -0.0172. The second-order valence-corrected chi connectivity index (χ2v) is 6.48. The lowest BCUT2D eigenvalue weighted by molar-refractivity contribution is -0.116. The highest BCUT2D eigenvalue weighted by atomic mass is 32.1. The van der Waals surface area contributed by atoms with Gasteiger partial charge in [0, 0.05) is 17.9 Å². The number of amides is 1. The highest BCUT2D eigenvalue weighted by Gasteiger charge is 2.31. The van der Waals surface area contributed by atoms with Crippen LogP contribution in [0.2, 0.25) is 0 Å². The molecule has 0 saturated carbocycles. The molecule has 0 aliphatic carbocycles. The second kappa shape index (κ2) is 5.91. The molecule has 1 aromatic heterocycles. The Morgan fingerprint density at radius 1 is 1.12 bits per heavy atom. The molecule has 5 heteroatoms. The van der Waals surface area contributed by atoms with Crippen LogP contribution in [0, 0.1) is 11.3 Å². The summed E-state index contributed by atoms with van der Waals surface area (Å²) in [6.07, 6.45) is 0.398. The van der Waals surface area contributed by atoms with Gasteiger partial charge in [-0.3, -0.25) is 4.79 Å². The monoisotopic (exact) mass is 331 g/mol. The lowest BCUT2D eigenvalue weighted by Crippen LogP contribution is -2.22. The number of rotatable bonds is 2. The van der Waals surface area contributed by atoms with Crippen LogP contribution < -0.4 is 5.32 Å². The molecule has 1 aliphatic rings. The number of nitrogens with zero attached hydrogens (tertiary/aromatic N) is 2. The van der Waals surface area contributed by atoms with Crippen LogP contribution in [0.1, 0.15) is 28.3 Å². The van der Waals surface area contributed by atoms with Gasteiger partial charge in [0.1, 0.15) is 5.69 Å². The number of hydrogen-bond acceptors (Lipinski definition) is 4. The van der Waals surface area contributed by atoms with Gasteiger partial charge < -0.3 is 5.32 Å². The SMILES string of the molecule is N#Cc1ccc([C@@H]2CC(=O)Nc3c(-c4ccccc4)nsc32)cc1. The summed E-state index contributed by atoms with van der Waals surface area (Å²) in [5.74, 6) is -0.0225. The van der Waals surface area contributed by atoms with Gasteiger partial charge in [0.15, 0.2) is 0 Å². The maximum atomic E-state index is 12.2. The molecule has 2 aromatic carbocycles. The van der Waals surface area contributed by atoms with E-state index in [1.54, 1.807) is 12.1 Å². The third-order valence-electron chi connectivity index (χ3n) is 4.18. The summed E-state index contributed by atoms with van der Waals surface area (Å²) >= 11 is 1.43. The Balaban J connectivity index is 1.79. The van der Waals surface area contributed by atoms with Crippen LogP contribution in [0.15, 0.2) is 54.6 Å². The number of aromatic nitrogens is 1. The minimum Gasteiger partial charge on any atom is -0.323 e. The van der Waals surface area contributed by atoms with Crippen molar-refractivity contribution in [3.8, 4) is 17.3 Å². The normalized spacial score (nSPS) is 16.1. The molecule has 2 heterocycles. The zero-order valence-corrected chi connectivity index (χ0v) is 13.5. The van der Waals surface area contributed by atoms with Crippen LogP contribution in [-0.2, 0) is 4.79 Å². The molecule has 4 rings (SSSR count). The van der Waals surface area contributed by atoms with Crippen LogP contribution >= 0.6 is 11.5 Å². The number of carbonyl (C=O) groups excluding carboxylic acids is 1. The zero-order valence-electron chi connectivity index (χ0n) is 12.7. The number of anilines is 1. The van der Waals surface area contributed by atoms with Crippen LogP contribution in [0.4, 0.5) is 5.69 Å². The van der Waals surface area contributed by atoms with Crippen molar-refractivity contribution in [2.75, 3.05) is 5.32 Å². The van der Waals surface area contributed by atoms with Crippen molar-refractivity contribution in [1.82, 2.24) is 4.37 Å². The van der Waals surface area contributed by atoms with E-state index in [9.17, 15) is 4.79 Å². The number of nitrogens with one attached hydrogen (secondary N) is 1. The lowest BCUT2D eigenvalue weighted by Gasteiger charge is -2.23. The first-order valence-electron chi connectivity index (χ1n) is 7.61. The van der Waals surface area contributed by atoms with Crippen molar-refractivity contribution in [1.29, 1.82) is 5.26 Å². The van der Waals surface area contributed by atoms with Crippen LogP contribution in [0.5, 0.6) is 0 Å². The molecule has 4 nitrogen and oxygen atoms in total. The summed E-state index contributed by atoms with van der Waals surface area (Å²) < 4.78 is 4.59. The van der Waals surface area contributed by atoms with Gasteiger partial charge >= 0.3 is 0 Å². The van der Waals surface area contributed by atoms with E-state index in [-0.39, 0.29) is 11.8 Å². The zero-order chi connectivity index (χ0) is 16.5. The Hall–Kier alpha value is -2.97. The highest BCUT2D eigenvalue weighted by molar-refractivity contribution is 7.07. The third-order valence-corrected chi connectivity index (χ3v) is 5.14. The molecule has 0 fully saturated rings. The molecule has 3 aromatic rings. The smallest absolute Gasteiger partial charge is 0.225 e. The van der Waals surface area contributed by atoms with Crippen LogP contribution in [0.3, 0.4) is 0 Å². The first-order chi connectivity index (χ1) is 11.8. The van der Waals surface area contributed by atoms with E-state index in [2.05, 4.69) is 15.8 Å². The fraction of sp³-hybridized carbons (Fsp3) is 0.105. The van der Waals surface area contributed by atoms with Crippen molar-refractivity contribution in [2.24, 2.45) is 0 Å². The average molecular weight is 331 g/mol. The molecule has 0 bridgehead atoms. The molecule has 1 atom stereocenters. The van der Waals surface area contributed by atoms with Gasteiger partial charge in [0.2, 0.25) is 5.91 Å². The molecule has 116 valence electrons. The van der Waals surface area contributed by atoms with Gasteiger partial charge in [-0.1, -0.05) is 42.5 Å². The number of nitriles is 1. The summed E-state index contributed by atoms with van der Waals surface area (Å²) in [4.78, 5) is 13.3. The molecule has 1 N–H and O–H groups in total. The first-order valence-corrected chi connectivity index (χ1v) is 8.38. The van der Waals surface area contributed by atoms with Crippen molar-refractivity contribution < 1.29 is 4.79 Å². The second-order valence-electron chi connectivity index (χ2n) is 5.68. The van der Waals surface area contributed by atoms with Gasteiger partial charge in [-0.25, -0.2) is 0 Å². The van der Waals surface area contributed by atoms with E-state index in [1.165, 1.54) is 11.5 Å². The molecular formula is C19H13N3OS. The first kappa shape index (κ1) is 14.6. The highest BCUT2D eigenvalue weighted by Crippen LogP contribution is 2.44. The van der Waals surface area contributed by atoms with Gasteiger partial charge in [-0.15, -0.1) is 0 Å². The van der Waals surface area contributed by atoms with E-state index in [4.69, 9.17) is 5.26 Å². The number of fused-ring (bicyclic) bond motifs is 1. The summed E-state index contributed by atoms with van der Waals surface area (Å²) in [6, 6.07) is 19.4. The Morgan fingerprint density at radius 3 is 2.58 bits per heavy atom. The fourth-order valence-electron chi connectivity index (χ4n) is 2.98. The summed E-state index contributed by atoms with van der Waals surface area (Å²) in [6.45, 7) is 0. The van der Waals surface area contributed by atoms with E-state index >= 15 is 0 Å². The van der Waals surface area contributed by atoms with Crippen molar-refractivity contribution in [2.45, 2.75) is 12.3 Å². The van der Waals surface area contributed by atoms with Crippen molar-refractivity contribution in [3.05, 3.63) is 70.6 Å². The van der Waals surface area contributed by atoms with Gasteiger partial charge in [0.05, 0.1) is 22.2 Å². The van der Waals surface area contributed by atoms with Crippen molar-refractivity contribution in [3.63, 3.8) is 0 Å².